The third-order valence-electron chi connectivity index (χ3n) is 6.79. The number of unbranched alkanes of at least 4 members (excludes halogenated alkanes) is 2. The van der Waals surface area contributed by atoms with Gasteiger partial charge in [0.05, 0.1) is 11.8 Å². The van der Waals surface area contributed by atoms with E-state index in [-0.39, 0.29) is 23.1 Å². The van der Waals surface area contributed by atoms with Crippen molar-refractivity contribution in [2.45, 2.75) is 85.0 Å². The molecule has 1 N–H and O–H groups in total. The van der Waals surface area contributed by atoms with Gasteiger partial charge in [0.1, 0.15) is 17.7 Å². The molecule has 0 fully saturated rings. The first-order chi connectivity index (χ1) is 18.6. The molecule has 39 heavy (non-hydrogen) atoms. The van der Waals surface area contributed by atoms with Crippen molar-refractivity contribution < 1.29 is 27.2 Å². The highest BCUT2D eigenvalue weighted by molar-refractivity contribution is 7.92. The number of anilines is 1. The van der Waals surface area contributed by atoms with Crippen LogP contribution in [-0.4, -0.2) is 56.6 Å². The Balaban J connectivity index is 2.17. The molecule has 0 radical (unpaired) electrons. The Morgan fingerprint density at radius 1 is 1.05 bits per heavy atom. The molecule has 2 unspecified atom stereocenters. The summed E-state index contributed by atoms with van der Waals surface area (Å²) in [6.45, 7) is 9.95. The first-order valence-electron chi connectivity index (χ1n) is 14.0. The highest BCUT2D eigenvalue weighted by atomic mass is 32.2. The Kier molecular flexibility index (Phi) is 11.1. The van der Waals surface area contributed by atoms with E-state index in [2.05, 4.69) is 23.5 Å². The Morgan fingerprint density at radius 3 is 2.23 bits per heavy atom. The van der Waals surface area contributed by atoms with Gasteiger partial charge in [-0.3, -0.25) is 19.2 Å². The van der Waals surface area contributed by atoms with E-state index in [1.807, 2.05) is 13.8 Å². The van der Waals surface area contributed by atoms with Gasteiger partial charge in [0.15, 0.2) is 11.6 Å². The Morgan fingerprint density at radius 2 is 1.69 bits per heavy atom. The lowest BCUT2D eigenvalue weighted by Crippen LogP contribution is -2.47. The number of rotatable bonds is 16. The van der Waals surface area contributed by atoms with Crippen molar-refractivity contribution in [1.29, 1.82) is 0 Å². The molecule has 0 spiro atoms. The van der Waals surface area contributed by atoms with Gasteiger partial charge in [0.25, 0.3) is 0 Å². The summed E-state index contributed by atoms with van der Waals surface area (Å²) in [5.74, 6) is -0.841. The number of ketones is 2. The van der Waals surface area contributed by atoms with E-state index in [1.54, 1.807) is 36.4 Å². The van der Waals surface area contributed by atoms with Crippen LogP contribution in [0.3, 0.4) is 0 Å². The maximum absolute atomic E-state index is 14.0. The van der Waals surface area contributed by atoms with Gasteiger partial charge in [-0.25, -0.2) is 8.42 Å². The number of fused-ring (bicyclic) bond motifs is 1. The van der Waals surface area contributed by atoms with Crippen LogP contribution in [0, 0.1) is 0 Å². The van der Waals surface area contributed by atoms with Crippen molar-refractivity contribution >= 4 is 39.1 Å². The van der Waals surface area contributed by atoms with E-state index >= 15 is 0 Å². The average molecular weight is 559 g/mol. The molecule has 1 aliphatic carbocycles. The molecule has 214 valence electrons. The van der Waals surface area contributed by atoms with Gasteiger partial charge < -0.3 is 9.15 Å². The van der Waals surface area contributed by atoms with Crippen molar-refractivity contribution in [1.82, 2.24) is 4.90 Å². The number of carbonyl (C=O) groups excluding carboxylic acids is 2. The van der Waals surface area contributed by atoms with Gasteiger partial charge in [-0.15, -0.1) is 0 Å². The molecule has 0 saturated heterocycles. The molecule has 1 aromatic carbocycles. The fraction of sp³-hybridized carbons (Fsp3) is 0.533. The summed E-state index contributed by atoms with van der Waals surface area (Å²) in [5, 5.41) is 0.351. The summed E-state index contributed by atoms with van der Waals surface area (Å²) in [6, 6.07) is 8.62. The minimum absolute atomic E-state index is 0.0269. The van der Waals surface area contributed by atoms with E-state index in [4.69, 9.17) is 9.15 Å². The molecule has 1 aliphatic rings. The lowest BCUT2D eigenvalue weighted by Gasteiger charge is -2.33. The van der Waals surface area contributed by atoms with E-state index in [0.29, 0.717) is 35.6 Å². The molecule has 2 aromatic rings. The zero-order valence-corrected chi connectivity index (χ0v) is 24.6. The number of Topliss-reactive ketones (excluding diaryl/α,β-unsaturated/α-hetero) is 2. The molecule has 1 heterocycles. The van der Waals surface area contributed by atoms with Gasteiger partial charge in [-0.1, -0.05) is 77.3 Å². The fourth-order valence-electron chi connectivity index (χ4n) is 4.89. The Hall–Kier alpha value is -2.75. The van der Waals surface area contributed by atoms with Crippen LogP contribution in [0.4, 0.5) is 5.88 Å². The van der Waals surface area contributed by atoms with Gasteiger partial charge in [-0.2, -0.15) is 0 Å². The van der Waals surface area contributed by atoms with Crippen LogP contribution in [0.25, 0.3) is 11.6 Å². The molecular weight excluding hydrogens is 516 g/mol. The summed E-state index contributed by atoms with van der Waals surface area (Å²) < 4.78 is 39.1. The van der Waals surface area contributed by atoms with E-state index in [0.717, 1.165) is 45.0 Å². The molecule has 8 nitrogen and oxygen atoms in total. The van der Waals surface area contributed by atoms with Gasteiger partial charge in [-0.05, 0) is 31.8 Å². The molecule has 0 bridgehead atoms. The van der Waals surface area contributed by atoms with Crippen LogP contribution in [0.2, 0.25) is 0 Å². The second-order valence-corrected chi connectivity index (χ2v) is 11.8. The maximum Gasteiger partial charge on any atom is 0.232 e. The molecule has 0 saturated carbocycles. The number of ether oxygens (including phenoxy) is 1. The topological polar surface area (TPSA) is 106 Å². The second kappa shape index (κ2) is 14.1. The molecule has 2 atom stereocenters. The standard InChI is InChI=1S/C30H42N2O6S/c1-6-10-18-32(19-11-7-2)25(9-4)37-24-20-23-26(22(15-8-3)30(38-23)31-39(5,35)36)27(29(24)34)28(33)21-16-13-12-14-17-21/h12-14,16-17,20,24-25,31H,6-11,15,18-19H2,1-5H3. The second-order valence-electron chi connectivity index (χ2n) is 10.0. The summed E-state index contributed by atoms with van der Waals surface area (Å²) >= 11 is 0. The number of nitrogens with one attached hydrogen (secondary N) is 1. The van der Waals surface area contributed by atoms with Crippen molar-refractivity contribution in [3.8, 4) is 0 Å². The van der Waals surface area contributed by atoms with Crippen molar-refractivity contribution in [2.24, 2.45) is 0 Å². The number of furan rings is 1. The summed E-state index contributed by atoms with van der Waals surface area (Å²) in [7, 11) is -3.66. The van der Waals surface area contributed by atoms with Gasteiger partial charge >= 0.3 is 0 Å². The number of sulfonamides is 1. The zero-order valence-electron chi connectivity index (χ0n) is 23.8. The Labute approximate surface area is 232 Å². The Bertz CT molecular complexity index is 1360. The molecule has 9 heteroatoms. The van der Waals surface area contributed by atoms with E-state index < -0.39 is 27.7 Å². The minimum atomic E-state index is -3.66. The van der Waals surface area contributed by atoms with Crippen molar-refractivity contribution in [3.63, 3.8) is 0 Å². The summed E-state index contributed by atoms with van der Waals surface area (Å²) in [4.78, 5) is 30.1. The molecule has 1 aromatic heterocycles. The first kappa shape index (κ1) is 30.8. The van der Waals surface area contributed by atoms with Gasteiger partial charge in [0, 0.05) is 29.4 Å². The SMILES string of the molecule is CCCCN(CCCC)C(CC)OC1C=c2oc(NS(C)(=O)=O)c(CCC)c2=C(C(=O)c2ccccc2)C1=O. The van der Waals surface area contributed by atoms with Crippen molar-refractivity contribution in [2.75, 3.05) is 24.1 Å². The number of hydrogen-bond acceptors (Lipinski definition) is 7. The third kappa shape index (κ3) is 7.68. The highest BCUT2D eigenvalue weighted by Gasteiger charge is 2.36. The fourth-order valence-corrected chi connectivity index (χ4v) is 5.39. The number of benzene rings is 1. The smallest absolute Gasteiger partial charge is 0.232 e. The molecule has 0 amide bonds. The monoisotopic (exact) mass is 558 g/mol. The van der Waals surface area contributed by atoms with E-state index in [9.17, 15) is 18.0 Å². The minimum Gasteiger partial charge on any atom is -0.440 e. The molecule has 0 aliphatic heterocycles. The summed E-state index contributed by atoms with van der Waals surface area (Å²) in [5.41, 5.74) is 1.12. The average Bonchev–Trinajstić information content (AvgIpc) is 3.22. The normalized spacial score (nSPS) is 16.2. The highest BCUT2D eigenvalue weighted by Crippen LogP contribution is 2.23. The largest absolute Gasteiger partial charge is 0.440 e. The van der Waals surface area contributed by atoms with Crippen LogP contribution in [0.15, 0.2) is 34.7 Å². The predicted octanol–water partition coefficient (Wildman–Crippen LogP) is 4.02. The van der Waals surface area contributed by atoms with Crippen LogP contribution < -0.4 is 15.4 Å². The predicted molar refractivity (Wildman–Crippen MR) is 154 cm³/mol. The first-order valence-corrected chi connectivity index (χ1v) is 15.9. The lowest BCUT2D eigenvalue weighted by atomic mass is 9.90. The quantitative estimate of drug-likeness (QED) is 0.245. The third-order valence-corrected chi connectivity index (χ3v) is 7.35. The maximum atomic E-state index is 14.0. The molecule has 3 rings (SSSR count). The van der Waals surface area contributed by atoms with Crippen molar-refractivity contribution in [3.05, 3.63) is 52.1 Å². The van der Waals surface area contributed by atoms with E-state index in [1.165, 1.54) is 0 Å². The van der Waals surface area contributed by atoms with Crippen LogP contribution >= 0.6 is 0 Å². The van der Waals surface area contributed by atoms with Gasteiger partial charge in [0.2, 0.25) is 15.9 Å². The summed E-state index contributed by atoms with van der Waals surface area (Å²) in [6.07, 6.45) is 7.14. The number of nitrogens with zero attached hydrogens (tertiary/aromatic N) is 1. The number of carbonyl (C=O) groups is 2. The number of hydrogen-bond donors (Lipinski definition) is 1. The van der Waals surface area contributed by atoms with Crippen LogP contribution in [0.5, 0.6) is 0 Å². The lowest BCUT2D eigenvalue weighted by molar-refractivity contribution is -0.133. The molecular formula is C30H42N2O6S. The zero-order chi connectivity index (χ0) is 28.6. The van der Waals surface area contributed by atoms with Crippen LogP contribution in [-0.2, 0) is 26.0 Å². The van der Waals surface area contributed by atoms with Crippen LogP contribution in [0.1, 0.15) is 82.1 Å².